The molecular formula is C17H29BrIN3O3. The van der Waals surface area contributed by atoms with Crippen LogP contribution in [0.2, 0.25) is 0 Å². The van der Waals surface area contributed by atoms with E-state index in [-0.39, 0.29) is 24.0 Å². The molecule has 8 heteroatoms. The van der Waals surface area contributed by atoms with E-state index in [0.29, 0.717) is 26.4 Å². The molecule has 0 aromatic heterocycles. The molecule has 0 bridgehead atoms. The number of methoxy groups -OCH3 is 2. The van der Waals surface area contributed by atoms with Crippen LogP contribution in [-0.2, 0) is 16.0 Å². The van der Waals surface area contributed by atoms with Crippen molar-refractivity contribution in [2.45, 2.75) is 19.9 Å². The molecule has 1 aromatic carbocycles. The van der Waals surface area contributed by atoms with Gasteiger partial charge in [-0.25, -0.2) is 4.99 Å². The van der Waals surface area contributed by atoms with Gasteiger partial charge in [0.1, 0.15) is 5.75 Å². The van der Waals surface area contributed by atoms with E-state index in [1.54, 1.807) is 14.2 Å². The van der Waals surface area contributed by atoms with Gasteiger partial charge in [-0.3, -0.25) is 0 Å². The summed E-state index contributed by atoms with van der Waals surface area (Å²) in [6, 6.07) is 5.92. The minimum atomic E-state index is 0. The standard InChI is InChI=1S/C17H28BrN3O3.HI/c1-4-19-17(20-8-5-9-24-11-10-22-2)21-13-14-12-15(18)6-7-16(14)23-3;/h6-7,12H,4-5,8-11,13H2,1-3H3,(H2,19,20,21);1H. The van der Waals surface area contributed by atoms with Crippen LogP contribution < -0.4 is 15.4 Å². The molecule has 0 fully saturated rings. The van der Waals surface area contributed by atoms with E-state index in [4.69, 9.17) is 14.2 Å². The minimum Gasteiger partial charge on any atom is -0.496 e. The van der Waals surface area contributed by atoms with E-state index in [2.05, 4.69) is 31.6 Å². The minimum absolute atomic E-state index is 0. The highest BCUT2D eigenvalue weighted by Gasteiger charge is 2.04. The largest absolute Gasteiger partial charge is 0.496 e. The second kappa shape index (κ2) is 15.7. The van der Waals surface area contributed by atoms with Gasteiger partial charge in [-0.2, -0.15) is 0 Å². The van der Waals surface area contributed by atoms with Crippen LogP contribution in [0, 0.1) is 0 Å². The number of rotatable bonds is 11. The molecule has 0 aliphatic heterocycles. The lowest BCUT2D eigenvalue weighted by atomic mass is 10.2. The van der Waals surface area contributed by atoms with Crippen molar-refractivity contribution in [3.8, 4) is 5.75 Å². The van der Waals surface area contributed by atoms with Crippen LogP contribution in [-0.4, -0.2) is 53.1 Å². The number of nitrogens with zero attached hydrogens (tertiary/aromatic N) is 1. The summed E-state index contributed by atoms with van der Waals surface area (Å²) < 4.78 is 16.8. The van der Waals surface area contributed by atoms with Crippen molar-refractivity contribution < 1.29 is 14.2 Å². The van der Waals surface area contributed by atoms with Crippen molar-refractivity contribution in [3.05, 3.63) is 28.2 Å². The summed E-state index contributed by atoms with van der Waals surface area (Å²) in [4.78, 5) is 4.61. The predicted octanol–water partition coefficient (Wildman–Crippen LogP) is 3.18. The third-order valence-corrected chi connectivity index (χ3v) is 3.68. The number of benzene rings is 1. The summed E-state index contributed by atoms with van der Waals surface area (Å²) in [5.74, 6) is 1.63. The van der Waals surface area contributed by atoms with Crippen LogP contribution in [0.15, 0.2) is 27.7 Å². The topological polar surface area (TPSA) is 64.1 Å². The average Bonchev–Trinajstić information content (AvgIpc) is 2.59. The van der Waals surface area contributed by atoms with E-state index in [1.807, 2.05) is 25.1 Å². The Labute approximate surface area is 176 Å². The highest BCUT2D eigenvalue weighted by molar-refractivity contribution is 14.0. The molecule has 0 atom stereocenters. The van der Waals surface area contributed by atoms with Crippen LogP contribution in [0.1, 0.15) is 18.9 Å². The highest BCUT2D eigenvalue weighted by Crippen LogP contribution is 2.23. The van der Waals surface area contributed by atoms with Crippen molar-refractivity contribution in [2.75, 3.05) is 47.1 Å². The number of ether oxygens (including phenoxy) is 3. The van der Waals surface area contributed by atoms with E-state index in [1.165, 1.54) is 0 Å². The average molecular weight is 530 g/mol. The lowest BCUT2D eigenvalue weighted by molar-refractivity contribution is 0.0698. The van der Waals surface area contributed by atoms with Gasteiger partial charge in [-0.15, -0.1) is 24.0 Å². The van der Waals surface area contributed by atoms with Crippen molar-refractivity contribution in [3.63, 3.8) is 0 Å². The molecule has 25 heavy (non-hydrogen) atoms. The Bertz CT molecular complexity index is 504. The third-order valence-electron chi connectivity index (χ3n) is 3.18. The van der Waals surface area contributed by atoms with Crippen molar-refractivity contribution >= 4 is 45.9 Å². The number of hydrogen-bond donors (Lipinski definition) is 2. The first-order valence-corrected chi connectivity index (χ1v) is 8.91. The molecule has 1 rings (SSSR count). The zero-order valence-corrected chi connectivity index (χ0v) is 19.1. The molecule has 144 valence electrons. The van der Waals surface area contributed by atoms with Crippen molar-refractivity contribution in [1.82, 2.24) is 10.6 Å². The third kappa shape index (κ3) is 10.9. The lowest BCUT2D eigenvalue weighted by Crippen LogP contribution is -2.38. The van der Waals surface area contributed by atoms with Gasteiger partial charge in [0.2, 0.25) is 0 Å². The fourth-order valence-electron chi connectivity index (χ4n) is 2.00. The lowest BCUT2D eigenvalue weighted by Gasteiger charge is -2.12. The number of nitrogens with one attached hydrogen (secondary N) is 2. The maximum Gasteiger partial charge on any atom is 0.191 e. The summed E-state index contributed by atoms with van der Waals surface area (Å²) in [7, 11) is 3.34. The molecular weight excluding hydrogens is 501 g/mol. The molecule has 0 amide bonds. The Kier molecular flexibility index (Phi) is 15.3. The van der Waals surface area contributed by atoms with Gasteiger partial charge in [0.15, 0.2) is 5.96 Å². The second-order valence-electron chi connectivity index (χ2n) is 5.04. The van der Waals surface area contributed by atoms with Crippen molar-refractivity contribution in [1.29, 1.82) is 0 Å². The van der Waals surface area contributed by atoms with Crippen LogP contribution in [0.5, 0.6) is 5.75 Å². The van der Waals surface area contributed by atoms with Gasteiger partial charge in [-0.1, -0.05) is 15.9 Å². The first-order valence-electron chi connectivity index (χ1n) is 8.12. The summed E-state index contributed by atoms with van der Waals surface area (Å²) >= 11 is 3.48. The second-order valence-corrected chi connectivity index (χ2v) is 5.95. The maximum absolute atomic E-state index is 5.44. The smallest absolute Gasteiger partial charge is 0.191 e. The Morgan fingerprint density at radius 1 is 1.16 bits per heavy atom. The van der Waals surface area contributed by atoms with Gasteiger partial charge in [0.05, 0.1) is 26.9 Å². The highest BCUT2D eigenvalue weighted by atomic mass is 127. The molecule has 6 nitrogen and oxygen atoms in total. The first kappa shape index (κ1) is 24.4. The van der Waals surface area contributed by atoms with Crippen LogP contribution in [0.3, 0.4) is 0 Å². The molecule has 0 heterocycles. The van der Waals surface area contributed by atoms with E-state index < -0.39 is 0 Å². The molecule has 0 radical (unpaired) electrons. The fraction of sp³-hybridized carbons (Fsp3) is 0.588. The number of hydrogen-bond acceptors (Lipinski definition) is 4. The molecule has 0 saturated carbocycles. The quantitative estimate of drug-likeness (QED) is 0.199. The molecule has 0 saturated heterocycles. The van der Waals surface area contributed by atoms with Crippen LogP contribution in [0.4, 0.5) is 0 Å². The van der Waals surface area contributed by atoms with E-state index >= 15 is 0 Å². The first-order chi connectivity index (χ1) is 11.7. The normalized spacial score (nSPS) is 11.0. The molecule has 1 aromatic rings. The Balaban J connectivity index is 0.00000576. The summed E-state index contributed by atoms with van der Waals surface area (Å²) in [6.07, 6.45) is 0.911. The Morgan fingerprint density at radius 3 is 2.64 bits per heavy atom. The number of halogens is 2. The molecule has 0 aliphatic carbocycles. The van der Waals surface area contributed by atoms with Gasteiger partial charge >= 0.3 is 0 Å². The molecule has 0 spiro atoms. The summed E-state index contributed by atoms with van der Waals surface area (Å²) in [6.45, 7) is 6.17. The monoisotopic (exact) mass is 529 g/mol. The maximum atomic E-state index is 5.44. The Morgan fingerprint density at radius 2 is 1.96 bits per heavy atom. The van der Waals surface area contributed by atoms with Gasteiger partial charge < -0.3 is 24.8 Å². The number of guanidine groups is 1. The van der Waals surface area contributed by atoms with Crippen molar-refractivity contribution in [2.24, 2.45) is 4.99 Å². The zero-order valence-electron chi connectivity index (χ0n) is 15.1. The van der Waals surface area contributed by atoms with Gasteiger partial charge in [0.25, 0.3) is 0 Å². The molecule has 0 unspecified atom stereocenters. The zero-order chi connectivity index (χ0) is 17.6. The predicted molar refractivity (Wildman–Crippen MR) is 116 cm³/mol. The molecule has 0 aliphatic rings. The summed E-state index contributed by atoms with van der Waals surface area (Å²) in [5, 5.41) is 6.55. The van der Waals surface area contributed by atoms with Crippen LogP contribution in [0.25, 0.3) is 0 Å². The SMILES string of the molecule is CCNC(=NCc1cc(Br)ccc1OC)NCCCOCCOC.I. The fourth-order valence-corrected chi connectivity index (χ4v) is 2.41. The molecule has 2 N–H and O–H groups in total. The Hall–Kier alpha value is -0.580. The van der Waals surface area contributed by atoms with E-state index in [0.717, 1.165) is 41.3 Å². The summed E-state index contributed by atoms with van der Waals surface area (Å²) in [5.41, 5.74) is 1.03. The van der Waals surface area contributed by atoms with Gasteiger partial charge in [0, 0.05) is 36.8 Å². The van der Waals surface area contributed by atoms with Gasteiger partial charge in [-0.05, 0) is 31.5 Å². The number of aliphatic imine (C=N–C) groups is 1. The van der Waals surface area contributed by atoms with E-state index in [9.17, 15) is 0 Å². The van der Waals surface area contributed by atoms with Crippen LogP contribution >= 0.6 is 39.9 Å².